The van der Waals surface area contributed by atoms with Crippen LogP contribution in [0.5, 0.6) is 0 Å². The van der Waals surface area contributed by atoms with Crippen LogP contribution in [0.25, 0.3) is 0 Å². The second kappa shape index (κ2) is 8.73. The van der Waals surface area contributed by atoms with Crippen LogP contribution >= 0.6 is 0 Å². The second-order valence-electron chi connectivity index (χ2n) is 5.33. The van der Waals surface area contributed by atoms with Gasteiger partial charge in [0.05, 0.1) is 0 Å². The Balaban J connectivity index is 2.54. The molecule has 4 nitrogen and oxygen atoms in total. The first-order valence-corrected chi connectivity index (χ1v) is 7.32. The number of carboxylic acids is 1. The molecule has 4 heteroatoms. The minimum Gasteiger partial charge on any atom is -0.480 e. The van der Waals surface area contributed by atoms with Crippen molar-refractivity contribution in [3.05, 3.63) is 12.2 Å². The van der Waals surface area contributed by atoms with Crippen molar-refractivity contribution in [3.63, 3.8) is 0 Å². The molecule has 0 aromatic carbocycles. The first-order chi connectivity index (χ1) is 9.11. The van der Waals surface area contributed by atoms with Crippen LogP contribution in [0, 0.1) is 0 Å². The predicted octanol–water partition coefficient (Wildman–Crippen LogP) is 3.03. The van der Waals surface area contributed by atoms with Crippen LogP contribution in [0.15, 0.2) is 12.2 Å². The Morgan fingerprint density at radius 1 is 1.05 bits per heavy atom. The van der Waals surface area contributed by atoms with E-state index in [2.05, 4.69) is 11.9 Å². The van der Waals surface area contributed by atoms with Gasteiger partial charge >= 0.3 is 5.97 Å². The van der Waals surface area contributed by atoms with Gasteiger partial charge in [-0.25, -0.2) is 4.79 Å². The van der Waals surface area contributed by atoms with Crippen molar-refractivity contribution in [2.24, 2.45) is 0 Å². The number of rotatable bonds is 1. The van der Waals surface area contributed by atoms with Crippen molar-refractivity contribution in [2.75, 3.05) is 0 Å². The Bertz CT molecular complexity index is 325. The van der Waals surface area contributed by atoms with Gasteiger partial charge in [-0.2, -0.15) is 0 Å². The molecule has 1 aliphatic rings. The molecule has 108 valence electrons. The van der Waals surface area contributed by atoms with Crippen LogP contribution in [-0.4, -0.2) is 23.0 Å². The lowest BCUT2D eigenvalue weighted by Gasteiger charge is -2.16. The average molecular weight is 267 g/mol. The SMILES string of the molecule is C=C1CCCCCCCCCCC(C(=O)O)NC1=O. The summed E-state index contributed by atoms with van der Waals surface area (Å²) in [4.78, 5) is 22.9. The number of aliphatic carboxylic acids is 1. The number of carboxylic acid groups (broad SMARTS) is 1. The zero-order valence-corrected chi connectivity index (χ0v) is 11.6. The molecule has 0 radical (unpaired) electrons. The van der Waals surface area contributed by atoms with E-state index < -0.39 is 12.0 Å². The molecule has 0 aromatic heterocycles. The van der Waals surface area contributed by atoms with Crippen LogP contribution in [-0.2, 0) is 9.59 Å². The number of carbonyl (C=O) groups is 2. The Hall–Kier alpha value is -1.32. The molecule has 1 heterocycles. The third-order valence-corrected chi connectivity index (χ3v) is 3.65. The molecule has 1 amide bonds. The van der Waals surface area contributed by atoms with Gasteiger partial charge in [0.2, 0.25) is 5.91 Å². The number of nitrogens with one attached hydrogen (secondary N) is 1. The second-order valence-corrected chi connectivity index (χ2v) is 5.33. The minimum atomic E-state index is -0.951. The van der Waals surface area contributed by atoms with Gasteiger partial charge in [-0.15, -0.1) is 0 Å². The van der Waals surface area contributed by atoms with E-state index in [1.807, 2.05) is 0 Å². The molecule has 0 spiro atoms. The van der Waals surface area contributed by atoms with Gasteiger partial charge in [0.25, 0.3) is 0 Å². The van der Waals surface area contributed by atoms with E-state index in [0.717, 1.165) is 32.1 Å². The third kappa shape index (κ3) is 6.41. The van der Waals surface area contributed by atoms with E-state index >= 15 is 0 Å². The largest absolute Gasteiger partial charge is 0.480 e. The molecule has 2 N–H and O–H groups in total. The van der Waals surface area contributed by atoms with E-state index in [4.69, 9.17) is 5.11 Å². The van der Waals surface area contributed by atoms with Crippen molar-refractivity contribution in [1.29, 1.82) is 0 Å². The summed E-state index contributed by atoms with van der Waals surface area (Å²) in [6.07, 6.45) is 9.99. The van der Waals surface area contributed by atoms with Gasteiger partial charge < -0.3 is 10.4 Å². The highest BCUT2D eigenvalue weighted by Gasteiger charge is 2.20. The predicted molar refractivity (Wildman–Crippen MR) is 74.9 cm³/mol. The summed E-state index contributed by atoms with van der Waals surface area (Å²) in [6.45, 7) is 3.75. The summed E-state index contributed by atoms with van der Waals surface area (Å²) in [5.41, 5.74) is 0.503. The summed E-state index contributed by atoms with van der Waals surface area (Å²) in [5.74, 6) is -1.25. The van der Waals surface area contributed by atoms with Gasteiger partial charge in [-0.05, 0) is 19.3 Å². The maximum atomic E-state index is 11.8. The number of carbonyl (C=O) groups excluding carboxylic acids is 1. The fourth-order valence-corrected chi connectivity index (χ4v) is 2.38. The van der Waals surface area contributed by atoms with Crippen LogP contribution in [0.1, 0.15) is 64.2 Å². The van der Waals surface area contributed by atoms with Crippen LogP contribution in [0.3, 0.4) is 0 Å². The van der Waals surface area contributed by atoms with Crippen molar-refractivity contribution in [3.8, 4) is 0 Å². The highest BCUT2D eigenvalue weighted by atomic mass is 16.4. The van der Waals surface area contributed by atoms with Gasteiger partial charge in [0.15, 0.2) is 0 Å². The fourth-order valence-electron chi connectivity index (χ4n) is 2.38. The van der Waals surface area contributed by atoms with Crippen LogP contribution in [0.2, 0.25) is 0 Å². The third-order valence-electron chi connectivity index (χ3n) is 3.65. The summed E-state index contributed by atoms with van der Waals surface area (Å²) >= 11 is 0. The van der Waals surface area contributed by atoms with Crippen molar-refractivity contribution in [1.82, 2.24) is 5.32 Å². The van der Waals surface area contributed by atoms with E-state index in [1.165, 1.54) is 19.3 Å². The number of hydrogen-bond donors (Lipinski definition) is 2. The Morgan fingerprint density at radius 3 is 2.16 bits per heavy atom. The van der Waals surface area contributed by atoms with Gasteiger partial charge in [-0.3, -0.25) is 4.79 Å². The van der Waals surface area contributed by atoms with Crippen LogP contribution < -0.4 is 5.32 Å². The average Bonchev–Trinajstić information content (AvgIpc) is 2.37. The van der Waals surface area contributed by atoms with Gasteiger partial charge in [-0.1, -0.05) is 51.5 Å². The molecule has 19 heavy (non-hydrogen) atoms. The maximum Gasteiger partial charge on any atom is 0.326 e. The molecule has 0 bridgehead atoms. The van der Waals surface area contributed by atoms with E-state index in [-0.39, 0.29) is 5.91 Å². The van der Waals surface area contributed by atoms with E-state index in [1.54, 1.807) is 0 Å². The van der Waals surface area contributed by atoms with Crippen molar-refractivity contribution in [2.45, 2.75) is 70.3 Å². The molecule has 1 saturated heterocycles. The standard InChI is InChI=1S/C15H25NO3/c1-12-10-8-6-4-2-3-5-7-9-11-13(15(18)19)16-14(12)17/h13H,1-11H2,(H,16,17)(H,18,19). The Labute approximate surface area is 115 Å². The first-order valence-electron chi connectivity index (χ1n) is 7.32. The first kappa shape index (κ1) is 15.7. The molecule has 1 unspecified atom stereocenters. The zero-order chi connectivity index (χ0) is 14.1. The van der Waals surface area contributed by atoms with Crippen molar-refractivity contribution >= 4 is 11.9 Å². The molecule has 1 aliphatic heterocycles. The molecule has 0 aromatic rings. The Kier molecular flexibility index (Phi) is 7.23. The molecule has 1 fully saturated rings. The minimum absolute atomic E-state index is 0.301. The monoisotopic (exact) mass is 267 g/mol. The lowest BCUT2D eigenvalue weighted by atomic mass is 10.0. The molecule has 0 aliphatic carbocycles. The lowest BCUT2D eigenvalue weighted by molar-refractivity contribution is -0.141. The highest BCUT2D eigenvalue weighted by molar-refractivity contribution is 5.95. The zero-order valence-electron chi connectivity index (χ0n) is 11.6. The summed E-state index contributed by atoms with van der Waals surface area (Å²) in [5, 5.41) is 11.7. The number of amides is 1. The molecular weight excluding hydrogens is 242 g/mol. The van der Waals surface area contributed by atoms with E-state index in [0.29, 0.717) is 18.4 Å². The molecule has 1 rings (SSSR count). The molecule has 1 atom stereocenters. The molecule has 0 saturated carbocycles. The fraction of sp³-hybridized carbons (Fsp3) is 0.733. The van der Waals surface area contributed by atoms with Gasteiger partial charge in [0, 0.05) is 5.57 Å². The normalized spacial score (nSPS) is 24.3. The van der Waals surface area contributed by atoms with Gasteiger partial charge in [0.1, 0.15) is 6.04 Å². The smallest absolute Gasteiger partial charge is 0.326 e. The number of hydrogen-bond acceptors (Lipinski definition) is 2. The summed E-state index contributed by atoms with van der Waals surface area (Å²) in [7, 11) is 0. The highest BCUT2D eigenvalue weighted by Crippen LogP contribution is 2.15. The molecular formula is C15H25NO3. The summed E-state index contributed by atoms with van der Waals surface area (Å²) < 4.78 is 0. The Morgan fingerprint density at radius 2 is 1.58 bits per heavy atom. The summed E-state index contributed by atoms with van der Waals surface area (Å²) in [6, 6.07) is -0.771. The van der Waals surface area contributed by atoms with E-state index in [9.17, 15) is 9.59 Å². The van der Waals surface area contributed by atoms with Crippen molar-refractivity contribution < 1.29 is 14.7 Å². The van der Waals surface area contributed by atoms with Crippen LogP contribution in [0.4, 0.5) is 0 Å². The lowest BCUT2D eigenvalue weighted by Crippen LogP contribution is -2.41. The quantitative estimate of drug-likeness (QED) is 0.718. The maximum absolute atomic E-state index is 11.8. The topological polar surface area (TPSA) is 66.4 Å².